The monoisotopic (exact) mass is 449 g/mol. The molecule has 1 aromatic heterocycles. The maximum Gasteiger partial charge on any atom is 0.218 e. The molecule has 1 aliphatic rings. The van der Waals surface area contributed by atoms with Gasteiger partial charge in [-0.2, -0.15) is 0 Å². The molecule has 0 spiro atoms. The topological polar surface area (TPSA) is 85.0 Å². The molecule has 0 bridgehead atoms. The zero-order valence-corrected chi connectivity index (χ0v) is 16.6. The second-order valence-electron chi connectivity index (χ2n) is 5.34. The SMILES string of the molecule is CCOc1ncccc1CN=C(N)NCCCN1CCOCC1.I. The van der Waals surface area contributed by atoms with Crippen LogP contribution in [-0.2, 0) is 11.3 Å². The third kappa shape index (κ3) is 7.63. The van der Waals surface area contributed by atoms with E-state index in [-0.39, 0.29) is 24.0 Å². The molecule has 0 aliphatic carbocycles. The Morgan fingerprint density at radius 2 is 2.25 bits per heavy atom. The number of hydrogen-bond acceptors (Lipinski definition) is 5. The fourth-order valence-electron chi connectivity index (χ4n) is 2.38. The summed E-state index contributed by atoms with van der Waals surface area (Å²) in [4.78, 5) is 11.0. The number of nitrogens with zero attached hydrogens (tertiary/aromatic N) is 3. The summed E-state index contributed by atoms with van der Waals surface area (Å²) >= 11 is 0. The first-order valence-corrected chi connectivity index (χ1v) is 8.20. The Balaban J connectivity index is 0.00000288. The van der Waals surface area contributed by atoms with Gasteiger partial charge in [0.25, 0.3) is 0 Å². The van der Waals surface area contributed by atoms with Gasteiger partial charge in [0.1, 0.15) is 0 Å². The highest BCUT2D eigenvalue weighted by atomic mass is 127. The fourth-order valence-corrected chi connectivity index (χ4v) is 2.38. The summed E-state index contributed by atoms with van der Waals surface area (Å²) in [6.45, 7) is 8.57. The van der Waals surface area contributed by atoms with Crippen LogP contribution in [0.3, 0.4) is 0 Å². The lowest BCUT2D eigenvalue weighted by Gasteiger charge is -2.26. The van der Waals surface area contributed by atoms with Gasteiger partial charge in [-0.15, -0.1) is 24.0 Å². The van der Waals surface area contributed by atoms with E-state index in [0.29, 0.717) is 25.0 Å². The van der Waals surface area contributed by atoms with Crippen LogP contribution in [-0.4, -0.2) is 61.8 Å². The van der Waals surface area contributed by atoms with Crippen LogP contribution >= 0.6 is 24.0 Å². The van der Waals surface area contributed by atoms with Crippen LogP contribution in [0.2, 0.25) is 0 Å². The number of ether oxygens (including phenoxy) is 2. The molecular formula is C16H28IN5O2. The minimum Gasteiger partial charge on any atom is -0.478 e. The van der Waals surface area contributed by atoms with Crippen LogP contribution in [0.4, 0.5) is 0 Å². The van der Waals surface area contributed by atoms with Crippen molar-refractivity contribution in [1.29, 1.82) is 0 Å². The lowest BCUT2D eigenvalue weighted by Crippen LogP contribution is -2.39. The fraction of sp³-hybridized carbons (Fsp3) is 0.625. The van der Waals surface area contributed by atoms with Gasteiger partial charge in [0, 0.05) is 31.4 Å². The summed E-state index contributed by atoms with van der Waals surface area (Å²) in [6.07, 6.45) is 2.75. The molecule has 0 amide bonds. The molecule has 1 fully saturated rings. The quantitative estimate of drug-likeness (QED) is 0.269. The predicted octanol–water partition coefficient (Wildman–Crippen LogP) is 1.22. The normalized spacial score (nSPS) is 15.6. The highest BCUT2D eigenvalue weighted by Gasteiger charge is 2.09. The second kappa shape index (κ2) is 12.3. The van der Waals surface area contributed by atoms with E-state index >= 15 is 0 Å². The first kappa shape index (κ1) is 20.9. The molecule has 0 aromatic carbocycles. The molecule has 2 rings (SSSR count). The summed E-state index contributed by atoms with van der Waals surface area (Å²) in [5.41, 5.74) is 6.85. The molecule has 8 heteroatoms. The van der Waals surface area contributed by atoms with E-state index in [9.17, 15) is 0 Å². The first-order chi connectivity index (χ1) is 11.3. The molecular weight excluding hydrogens is 421 g/mol. The zero-order chi connectivity index (χ0) is 16.3. The predicted molar refractivity (Wildman–Crippen MR) is 106 cm³/mol. The van der Waals surface area contributed by atoms with E-state index in [1.807, 2.05) is 19.1 Å². The molecule has 7 nitrogen and oxygen atoms in total. The average molecular weight is 449 g/mol. The Kier molecular flexibility index (Phi) is 10.7. The van der Waals surface area contributed by atoms with Crippen molar-refractivity contribution in [3.63, 3.8) is 0 Å². The smallest absolute Gasteiger partial charge is 0.218 e. The number of pyridine rings is 1. The molecule has 3 N–H and O–H groups in total. The van der Waals surface area contributed by atoms with E-state index in [1.54, 1.807) is 6.20 Å². The number of halogens is 1. The number of rotatable bonds is 8. The van der Waals surface area contributed by atoms with Gasteiger partial charge in [-0.1, -0.05) is 6.07 Å². The number of morpholine rings is 1. The minimum absolute atomic E-state index is 0. The van der Waals surface area contributed by atoms with Gasteiger partial charge < -0.3 is 20.5 Å². The van der Waals surface area contributed by atoms with Crippen LogP contribution in [0.15, 0.2) is 23.3 Å². The summed E-state index contributed by atoms with van der Waals surface area (Å²) in [6, 6.07) is 3.83. The van der Waals surface area contributed by atoms with Crippen molar-refractivity contribution in [1.82, 2.24) is 15.2 Å². The average Bonchev–Trinajstić information content (AvgIpc) is 2.59. The molecule has 136 valence electrons. The van der Waals surface area contributed by atoms with E-state index in [1.165, 1.54) is 0 Å². The summed E-state index contributed by atoms with van der Waals surface area (Å²) in [5, 5.41) is 3.15. The Labute approximate surface area is 161 Å². The maximum absolute atomic E-state index is 5.91. The Morgan fingerprint density at radius 3 is 3.00 bits per heavy atom. The molecule has 1 aromatic rings. The molecule has 0 radical (unpaired) electrons. The van der Waals surface area contributed by atoms with E-state index in [2.05, 4.69) is 20.2 Å². The first-order valence-electron chi connectivity index (χ1n) is 8.20. The van der Waals surface area contributed by atoms with Crippen LogP contribution in [0, 0.1) is 0 Å². The summed E-state index contributed by atoms with van der Waals surface area (Å²) in [5.74, 6) is 1.08. The van der Waals surface area contributed by atoms with Gasteiger partial charge in [-0.05, 0) is 26.0 Å². The number of nitrogens with two attached hydrogens (primary N) is 1. The van der Waals surface area contributed by atoms with Gasteiger partial charge in [-0.3, -0.25) is 4.90 Å². The molecule has 0 saturated carbocycles. The molecule has 1 aliphatic heterocycles. The largest absolute Gasteiger partial charge is 0.478 e. The van der Waals surface area contributed by atoms with Crippen molar-refractivity contribution < 1.29 is 9.47 Å². The van der Waals surface area contributed by atoms with Gasteiger partial charge in [0.15, 0.2) is 5.96 Å². The van der Waals surface area contributed by atoms with E-state index in [4.69, 9.17) is 15.2 Å². The summed E-state index contributed by atoms with van der Waals surface area (Å²) in [7, 11) is 0. The van der Waals surface area contributed by atoms with Gasteiger partial charge in [0.05, 0.1) is 26.4 Å². The lowest BCUT2D eigenvalue weighted by molar-refractivity contribution is 0.0376. The Bertz CT molecular complexity index is 495. The van der Waals surface area contributed by atoms with Crippen LogP contribution in [0.1, 0.15) is 18.9 Å². The van der Waals surface area contributed by atoms with E-state index < -0.39 is 0 Å². The molecule has 1 saturated heterocycles. The van der Waals surface area contributed by atoms with Crippen molar-refractivity contribution in [3.8, 4) is 5.88 Å². The molecule has 24 heavy (non-hydrogen) atoms. The second-order valence-corrected chi connectivity index (χ2v) is 5.34. The highest BCUT2D eigenvalue weighted by Crippen LogP contribution is 2.14. The lowest BCUT2D eigenvalue weighted by atomic mass is 10.3. The van der Waals surface area contributed by atoms with Crippen molar-refractivity contribution >= 4 is 29.9 Å². The number of hydrogen-bond donors (Lipinski definition) is 2. The van der Waals surface area contributed by atoms with Crippen LogP contribution < -0.4 is 15.8 Å². The highest BCUT2D eigenvalue weighted by molar-refractivity contribution is 14.0. The van der Waals surface area contributed by atoms with Crippen molar-refractivity contribution in [2.45, 2.75) is 19.9 Å². The Hall–Kier alpha value is -1.13. The third-order valence-corrected chi connectivity index (χ3v) is 3.61. The number of guanidine groups is 1. The van der Waals surface area contributed by atoms with Crippen molar-refractivity contribution in [3.05, 3.63) is 23.9 Å². The van der Waals surface area contributed by atoms with E-state index in [0.717, 1.165) is 51.4 Å². The van der Waals surface area contributed by atoms with Crippen LogP contribution in [0.5, 0.6) is 5.88 Å². The standard InChI is InChI=1S/C16H27N5O2.HI/c1-2-23-15-14(5-3-6-18-15)13-20-16(17)19-7-4-8-21-9-11-22-12-10-21;/h3,5-6H,2,4,7-13H2,1H3,(H3,17,19,20);1H. The molecule has 2 heterocycles. The van der Waals surface area contributed by atoms with Gasteiger partial charge >= 0.3 is 0 Å². The molecule has 0 unspecified atom stereocenters. The third-order valence-electron chi connectivity index (χ3n) is 3.61. The van der Waals surface area contributed by atoms with Gasteiger partial charge in [-0.25, -0.2) is 9.98 Å². The summed E-state index contributed by atoms with van der Waals surface area (Å²) < 4.78 is 10.8. The zero-order valence-electron chi connectivity index (χ0n) is 14.2. The number of aliphatic imine (C=N–C) groups is 1. The van der Waals surface area contributed by atoms with Crippen molar-refractivity contribution in [2.24, 2.45) is 10.7 Å². The van der Waals surface area contributed by atoms with Crippen LogP contribution in [0.25, 0.3) is 0 Å². The molecule has 0 atom stereocenters. The number of nitrogens with one attached hydrogen (secondary N) is 1. The van der Waals surface area contributed by atoms with Crippen molar-refractivity contribution in [2.75, 3.05) is 46.0 Å². The number of aromatic nitrogens is 1. The Morgan fingerprint density at radius 1 is 1.46 bits per heavy atom. The minimum atomic E-state index is 0. The van der Waals surface area contributed by atoms with Gasteiger partial charge in [0.2, 0.25) is 5.88 Å². The maximum atomic E-state index is 5.91.